The number of anilines is 2. The highest BCUT2D eigenvalue weighted by molar-refractivity contribution is 5.93. The Morgan fingerprint density at radius 2 is 1.77 bits per heavy atom. The van der Waals surface area contributed by atoms with E-state index in [9.17, 15) is 23.1 Å². The maximum Gasteiger partial charge on any atom is 0.416 e. The minimum absolute atomic E-state index is 0.0217. The van der Waals surface area contributed by atoms with Crippen LogP contribution in [0.25, 0.3) is 0 Å². The van der Waals surface area contributed by atoms with Crippen LogP contribution in [-0.2, 0) is 17.4 Å². The summed E-state index contributed by atoms with van der Waals surface area (Å²) in [7, 11) is 0. The third-order valence-electron chi connectivity index (χ3n) is 2.97. The average molecular weight is 310 g/mol. The summed E-state index contributed by atoms with van der Waals surface area (Å²) < 4.78 is 37.3. The first-order chi connectivity index (χ1) is 10.3. The molecule has 0 aliphatic carbocycles. The largest absolute Gasteiger partial charge is 0.508 e. The number of hydrogen-bond acceptors (Lipinski definition) is 3. The van der Waals surface area contributed by atoms with Crippen molar-refractivity contribution in [1.29, 1.82) is 0 Å². The average Bonchev–Trinajstić information content (AvgIpc) is 2.42. The molecule has 7 heteroatoms. The molecule has 2 aromatic carbocycles. The highest BCUT2D eigenvalue weighted by Crippen LogP contribution is 2.29. The van der Waals surface area contributed by atoms with Gasteiger partial charge in [0.25, 0.3) is 0 Å². The van der Waals surface area contributed by atoms with Gasteiger partial charge in [0.05, 0.1) is 12.0 Å². The van der Waals surface area contributed by atoms with Crippen LogP contribution < -0.4 is 11.1 Å². The van der Waals surface area contributed by atoms with Gasteiger partial charge in [-0.25, -0.2) is 0 Å². The number of halogens is 3. The van der Waals surface area contributed by atoms with Gasteiger partial charge in [0, 0.05) is 11.4 Å². The molecule has 0 spiro atoms. The van der Waals surface area contributed by atoms with Crippen molar-refractivity contribution in [1.82, 2.24) is 0 Å². The summed E-state index contributed by atoms with van der Waals surface area (Å²) in [5.41, 5.74) is 5.92. The first kappa shape index (κ1) is 15.7. The topological polar surface area (TPSA) is 75.3 Å². The minimum Gasteiger partial charge on any atom is -0.508 e. The first-order valence-corrected chi connectivity index (χ1v) is 6.30. The molecular weight excluding hydrogens is 297 g/mol. The minimum atomic E-state index is -4.42. The van der Waals surface area contributed by atoms with Gasteiger partial charge in [-0.1, -0.05) is 0 Å². The lowest BCUT2D eigenvalue weighted by molar-refractivity contribution is -0.137. The third-order valence-corrected chi connectivity index (χ3v) is 2.97. The van der Waals surface area contributed by atoms with Gasteiger partial charge >= 0.3 is 6.18 Å². The molecule has 0 heterocycles. The number of aromatic hydroxyl groups is 1. The highest BCUT2D eigenvalue weighted by Gasteiger charge is 2.29. The Labute approximate surface area is 124 Å². The van der Waals surface area contributed by atoms with E-state index >= 15 is 0 Å². The van der Waals surface area contributed by atoms with Crippen LogP contribution in [0.2, 0.25) is 0 Å². The van der Waals surface area contributed by atoms with Crippen molar-refractivity contribution < 1.29 is 23.1 Å². The number of carbonyl (C=O) groups is 1. The van der Waals surface area contributed by atoms with E-state index in [1.54, 1.807) is 0 Å². The quantitative estimate of drug-likeness (QED) is 0.602. The van der Waals surface area contributed by atoms with Crippen LogP contribution >= 0.6 is 0 Å². The lowest BCUT2D eigenvalue weighted by Gasteiger charge is -2.10. The summed E-state index contributed by atoms with van der Waals surface area (Å²) in [4.78, 5) is 11.9. The molecule has 0 aromatic heterocycles. The molecule has 1 amide bonds. The van der Waals surface area contributed by atoms with Crippen LogP contribution in [0.5, 0.6) is 5.75 Å². The first-order valence-electron chi connectivity index (χ1n) is 6.30. The second kappa shape index (κ2) is 5.97. The van der Waals surface area contributed by atoms with E-state index in [2.05, 4.69) is 5.32 Å². The Bertz CT molecular complexity index is 682. The molecule has 0 saturated carbocycles. The van der Waals surface area contributed by atoms with Crippen LogP contribution in [-0.4, -0.2) is 11.0 Å². The van der Waals surface area contributed by atoms with Crippen LogP contribution in [0.15, 0.2) is 42.5 Å². The van der Waals surface area contributed by atoms with Crippen molar-refractivity contribution in [2.24, 2.45) is 0 Å². The Morgan fingerprint density at radius 1 is 1.14 bits per heavy atom. The zero-order valence-electron chi connectivity index (χ0n) is 11.3. The van der Waals surface area contributed by atoms with Crippen molar-refractivity contribution in [3.63, 3.8) is 0 Å². The van der Waals surface area contributed by atoms with Gasteiger partial charge in [0.15, 0.2) is 0 Å². The maximum atomic E-state index is 12.4. The number of benzene rings is 2. The van der Waals surface area contributed by atoms with Crippen LogP contribution in [0.4, 0.5) is 24.5 Å². The summed E-state index contributed by atoms with van der Waals surface area (Å²) in [5.74, 6) is -0.469. The zero-order valence-corrected chi connectivity index (χ0v) is 11.3. The lowest BCUT2D eigenvalue weighted by atomic mass is 10.1. The summed E-state index contributed by atoms with van der Waals surface area (Å²) in [6, 6.07) is 8.35. The molecule has 116 valence electrons. The number of nitrogens with one attached hydrogen (secondary N) is 1. The van der Waals surface area contributed by atoms with E-state index in [4.69, 9.17) is 5.73 Å². The van der Waals surface area contributed by atoms with E-state index < -0.39 is 17.6 Å². The number of rotatable bonds is 3. The van der Waals surface area contributed by atoms with E-state index in [1.165, 1.54) is 30.3 Å². The van der Waals surface area contributed by atoms with Gasteiger partial charge in [0.2, 0.25) is 5.91 Å². The number of alkyl halides is 3. The number of nitrogens with two attached hydrogens (primary N) is 1. The number of phenolic OH excluding ortho intramolecular Hbond substituents is 1. The zero-order chi connectivity index (χ0) is 16.3. The van der Waals surface area contributed by atoms with Gasteiger partial charge in [0.1, 0.15) is 5.75 Å². The Balaban J connectivity index is 2.04. The molecule has 0 bridgehead atoms. The number of hydrogen-bond donors (Lipinski definition) is 3. The second-order valence-corrected chi connectivity index (χ2v) is 4.68. The van der Waals surface area contributed by atoms with Crippen LogP contribution in [0.1, 0.15) is 11.1 Å². The maximum absolute atomic E-state index is 12.4. The summed E-state index contributed by atoms with van der Waals surface area (Å²) in [5, 5.41) is 11.8. The van der Waals surface area contributed by atoms with E-state index in [0.717, 1.165) is 12.1 Å². The standard InChI is InChI=1S/C15H13F3N2O2/c16-15(17,18)10-1-3-11(4-2-10)20-14(22)8-9-7-12(21)5-6-13(9)19/h1-7,21H,8,19H2,(H,20,22). The predicted molar refractivity (Wildman–Crippen MR) is 76.3 cm³/mol. The molecule has 2 rings (SSSR count). The molecule has 0 saturated heterocycles. The monoisotopic (exact) mass is 310 g/mol. The normalized spacial score (nSPS) is 11.2. The molecule has 4 nitrogen and oxygen atoms in total. The third kappa shape index (κ3) is 3.91. The lowest BCUT2D eigenvalue weighted by Crippen LogP contribution is -2.15. The Kier molecular flexibility index (Phi) is 4.25. The Hall–Kier alpha value is -2.70. The fourth-order valence-electron chi connectivity index (χ4n) is 1.87. The van der Waals surface area contributed by atoms with Crippen LogP contribution in [0, 0.1) is 0 Å². The molecule has 0 aliphatic heterocycles. The molecule has 2 aromatic rings. The molecule has 0 radical (unpaired) electrons. The number of nitrogen functional groups attached to an aromatic ring is 1. The molecular formula is C15H13F3N2O2. The summed E-state index contributed by atoms with van der Waals surface area (Å²) >= 11 is 0. The van der Waals surface area contributed by atoms with Gasteiger partial charge in [-0.3, -0.25) is 4.79 Å². The highest BCUT2D eigenvalue weighted by atomic mass is 19.4. The Morgan fingerprint density at radius 3 is 2.36 bits per heavy atom. The molecule has 0 aliphatic rings. The van der Waals surface area contributed by atoms with Gasteiger partial charge < -0.3 is 16.2 Å². The number of carbonyl (C=O) groups excluding carboxylic acids is 1. The molecule has 0 unspecified atom stereocenters. The predicted octanol–water partition coefficient (Wildman–Crippen LogP) is 3.17. The number of phenols is 1. The fraction of sp³-hybridized carbons (Fsp3) is 0.133. The van der Waals surface area contributed by atoms with E-state index in [0.29, 0.717) is 11.3 Å². The van der Waals surface area contributed by atoms with E-state index in [-0.39, 0.29) is 17.9 Å². The van der Waals surface area contributed by atoms with Crippen LogP contribution in [0.3, 0.4) is 0 Å². The van der Waals surface area contributed by atoms with Crippen molar-refractivity contribution in [3.8, 4) is 5.75 Å². The van der Waals surface area contributed by atoms with Crippen molar-refractivity contribution in [2.45, 2.75) is 12.6 Å². The van der Waals surface area contributed by atoms with Crippen molar-refractivity contribution in [3.05, 3.63) is 53.6 Å². The smallest absolute Gasteiger partial charge is 0.416 e. The van der Waals surface area contributed by atoms with Crippen molar-refractivity contribution in [2.75, 3.05) is 11.1 Å². The molecule has 4 N–H and O–H groups in total. The fourth-order valence-corrected chi connectivity index (χ4v) is 1.87. The second-order valence-electron chi connectivity index (χ2n) is 4.68. The van der Waals surface area contributed by atoms with E-state index in [1.807, 2.05) is 0 Å². The van der Waals surface area contributed by atoms with Gasteiger partial charge in [-0.2, -0.15) is 13.2 Å². The van der Waals surface area contributed by atoms with Gasteiger partial charge in [-0.15, -0.1) is 0 Å². The summed E-state index contributed by atoms with van der Waals surface area (Å²) in [6.07, 6.45) is -4.51. The van der Waals surface area contributed by atoms with Gasteiger partial charge in [-0.05, 0) is 48.0 Å². The molecule has 0 fully saturated rings. The molecule has 22 heavy (non-hydrogen) atoms. The summed E-state index contributed by atoms with van der Waals surface area (Å²) in [6.45, 7) is 0. The number of amides is 1. The molecule has 0 atom stereocenters. The van der Waals surface area contributed by atoms with Crippen molar-refractivity contribution >= 4 is 17.3 Å². The SMILES string of the molecule is Nc1ccc(O)cc1CC(=O)Nc1ccc(C(F)(F)F)cc1.